The summed E-state index contributed by atoms with van der Waals surface area (Å²) in [5.41, 5.74) is 4.66. The number of benzene rings is 2. The van der Waals surface area contributed by atoms with Gasteiger partial charge in [-0.15, -0.1) is 0 Å². The van der Waals surface area contributed by atoms with Crippen LogP contribution in [0, 0.1) is 0 Å². The number of methoxy groups -OCH3 is 1. The number of hydrogen-bond donors (Lipinski definition) is 2. The number of rotatable bonds is 4. The van der Waals surface area contributed by atoms with Crippen LogP contribution in [0.5, 0.6) is 5.75 Å². The second kappa shape index (κ2) is 6.73. The lowest BCUT2D eigenvalue weighted by molar-refractivity contribution is 0.249. The minimum absolute atomic E-state index is 0.0457. The molecule has 2 N–H and O–H groups in total. The Morgan fingerprint density at radius 1 is 1.13 bits per heavy atom. The van der Waals surface area contributed by atoms with E-state index in [1.54, 1.807) is 7.11 Å². The molecule has 1 atom stereocenters. The van der Waals surface area contributed by atoms with Gasteiger partial charge in [-0.3, -0.25) is 0 Å². The van der Waals surface area contributed by atoms with Gasteiger partial charge in [-0.25, -0.2) is 4.79 Å². The third kappa shape index (κ3) is 3.47. The van der Waals surface area contributed by atoms with Crippen LogP contribution in [0.4, 0.5) is 10.5 Å². The fourth-order valence-corrected chi connectivity index (χ4v) is 3.05. The molecule has 23 heavy (non-hydrogen) atoms. The molecule has 0 saturated heterocycles. The van der Waals surface area contributed by atoms with Crippen molar-refractivity contribution in [2.75, 3.05) is 12.4 Å². The third-order valence-corrected chi connectivity index (χ3v) is 4.33. The number of aryl methyl sites for hydroxylation is 2. The Labute approximate surface area is 136 Å². The van der Waals surface area contributed by atoms with Crippen LogP contribution < -0.4 is 15.4 Å². The Morgan fingerprint density at radius 2 is 1.91 bits per heavy atom. The summed E-state index contributed by atoms with van der Waals surface area (Å²) in [5, 5.41) is 5.82. The van der Waals surface area contributed by atoms with E-state index in [9.17, 15) is 4.79 Å². The monoisotopic (exact) mass is 310 g/mol. The molecule has 4 heteroatoms. The van der Waals surface area contributed by atoms with E-state index in [4.69, 9.17) is 4.74 Å². The molecule has 1 aliphatic carbocycles. The molecular weight excluding hydrogens is 288 g/mol. The third-order valence-electron chi connectivity index (χ3n) is 4.33. The summed E-state index contributed by atoms with van der Waals surface area (Å²) in [6.07, 6.45) is 3.55. The van der Waals surface area contributed by atoms with Crippen molar-refractivity contribution in [2.45, 2.75) is 32.2 Å². The highest BCUT2D eigenvalue weighted by Gasteiger charge is 2.15. The first-order chi connectivity index (χ1) is 11.2. The lowest BCUT2D eigenvalue weighted by Crippen LogP contribution is -2.31. The van der Waals surface area contributed by atoms with E-state index in [2.05, 4.69) is 28.8 Å². The SMILES string of the molecule is COc1ccccc1NC(=O)N[C@H](C)c1ccc2c(c1)CCC2. The molecule has 2 aromatic carbocycles. The number of anilines is 1. The molecule has 120 valence electrons. The highest BCUT2D eigenvalue weighted by atomic mass is 16.5. The van der Waals surface area contributed by atoms with Crippen molar-refractivity contribution >= 4 is 11.7 Å². The maximum absolute atomic E-state index is 12.2. The summed E-state index contributed by atoms with van der Waals surface area (Å²) in [6.45, 7) is 2.00. The van der Waals surface area contributed by atoms with E-state index in [1.807, 2.05) is 31.2 Å². The van der Waals surface area contributed by atoms with Crippen molar-refractivity contribution in [2.24, 2.45) is 0 Å². The van der Waals surface area contributed by atoms with E-state index in [1.165, 1.54) is 24.0 Å². The number of ether oxygens (including phenoxy) is 1. The van der Waals surface area contributed by atoms with Crippen LogP contribution in [0.15, 0.2) is 42.5 Å². The fourth-order valence-electron chi connectivity index (χ4n) is 3.05. The highest BCUT2D eigenvalue weighted by molar-refractivity contribution is 5.91. The molecule has 0 saturated carbocycles. The number of nitrogens with one attached hydrogen (secondary N) is 2. The fraction of sp³-hybridized carbons (Fsp3) is 0.316. The van der Waals surface area contributed by atoms with Gasteiger partial charge < -0.3 is 15.4 Å². The summed E-state index contributed by atoms with van der Waals surface area (Å²) in [7, 11) is 1.59. The smallest absolute Gasteiger partial charge is 0.319 e. The second-order valence-corrected chi connectivity index (χ2v) is 5.90. The summed E-state index contributed by atoms with van der Waals surface area (Å²) in [4.78, 5) is 12.2. The van der Waals surface area contributed by atoms with E-state index >= 15 is 0 Å². The molecule has 1 aliphatic rings. The minimum Gasteiger partial charge on any atom is -0.495 e. The van der Waals surface area contributed by atoms with Gasteiger partial charge in [-0.05, 0) is 55.0 Å². The molecule has 0 spiro atoms. The molecule has 0 aromatic heterocycles. The second-order valence-electron chi connectivity index (χ2n) is 5.90. The molecule has 2 amide bonds. The average Bonchev–Trinajstić information content (AvgIpc) is 3.02. The van der Waals surface area contributed by atoms with Crippen molar-refractivity contribution in [1.29, 1.82) is 0 Å². The zero-order valence-electron chi connectivity index (χ0n) is 13.6. The molecule has 0 aliphatic heterocycles. The number of amides is 2. The molecular formula is C19H22N2O2. The minimum atomic E-state index is -0.234. The quantitative estimate of drug-likeness (QED) is 0.894. The van der Waals surface area contributed by atoms with Gasteiger partial charge in [0.25, 0.3) is 0 Å². The van der Waals surface area contributed by atoms with Crippen LogP contribution >= 0.6 is 0 Å². The zero-order valence-corrected chi connectivity index (χ0v) is 13.6. The van der Waals surface area contributed by atoms with E-state index in [0.29, 0.717) is 11.4 Å². The van der Waals surface area contributed by atoms with Crippen molar-refractivity contribution in [3.63, 3.8) is 0 Å². The van der Waals surface area contributed by atoms with Crippen molar-refractivity contribution in [3.8, 4) is 5.75 Å². The van der Waals surface area contributed by atoms with Crippen molar-refractivity contribution < 1.29 is 9.53 Å². The van der Waals surface area contributed by atoms with Gasteiger partial charge in [0, 0.05) is 0 Å². The Bertz CT molecular complexity index is 712. The van der Waals surface area contributed by atoms with Gasteiger partial charge in [0.05, 0.1) is 18.8 Å². The van der Waals surface area contributed by atoms with Crippen LogP contribution in [-0.2, 0) is 12.8 Å². The van der Waals surface area contributed by atoms with Crippen LogP contribution in [0.3, 0.4) is 0 Å². The number of para-hydroxylation sites is 2. The first kappa shape index (κ1) is 15.4. The predicted octanol–water partition coefficient (Wildman–Crippen LogP) is 4.07. The van der Waals surface area contributed by atoms with Crippen molar-refractivity contribution in [3.05, 3.63) is 59.2 Å². The Kier molecular flexibility index (Phi) is 4.51. The maximum Gasteiger partial charge on any atom is 0.319 e. The summed E-state index contributed by atoms with van der Waals surface area (Å²) in [5.74, 6) is 0.646. The maximum atomic E-state index is 12.2. The summed E-state index contributed by atoms with van der Waals surface area (Å²) in [6, 6.07) is 13.6. The highest BCUT2D eigenvalue weighted by Crippen LogP contribution is 2.26. The van der Waals surface area contributed by atoms with Crippen LogP contribution in [0.25, 0.3) is 0 Å². The van der Waals surface area contributed by atoms with Crippen LogP contribution in [0.1, 0.15) is 36.1 Å². The van der Waals surface area contributed by atoms with E-state index in [-0.39, 0.29) is 12.1 Å². The van der Waals surface area contributed by atoms with E-state index < -0.39 is 0 Å². The number of carbonyl (C=O) groups is 1. The standard InChI is InChI=1S/C19H22N2O2/c1-13(15-11-10-14-6-5-7-16(14)12-15)20-19(22)21-17-8-3-4-9-18(17)23-2/h3-4,8-13H,5-7H2,1-2H3,(H2,20,21,22)/t13-/m1/s1. The molecule has 0 fully saturated rings. The van der Waals surface area contributed by atoms with Gasteiger partial charge >= 0.3 is 6.03 Å². The molecule has 0 heterocycles. The Morgan fingerprint density at radius 3 is 2.74 bits per heavy atom. The van der Waals surface area contributed by atoms with Crippen molar-refractivity contribution in [1.82, 2.24) is 5.32 Å². The van der Waals surface area contributed by atoms with E-state index in [0.717, 1.165) is 12.0 Å². The molecule has 2 aromatic rings. The predicted molar refractivity (Wildman–Crippen MR) is 92.0 cm³/mol. The largest absolute Gasteiger partial charge is 0.495 e. The van der Waals surface area contributed by atoms with Gasteiger partial charge in [0.2, 0.25) is 0 Å². The summed E-state index contributed by atoms with van der Waals surface area (Å²) < 4.78 is 5.24. The molecule has 4 nitrogen and oxygen atoms in total. The number of urea groups is 1. The Balaban J connectivity index is 1.65. The first-order valence-electron chi connectivity index (χ1n) is 7.99. The zero-order chi connectivity index (χ0) is 16.2. The number of fused-ring (bicyclic) bond motifs is 1. The van der Waals surface area contributed by atoms with Gasteiger partial charge in [-0.2, -0.15) is 0 Å². The van der Waals surface area contributed by atoms with Gasteiger partial charge in [0.1, 0.15) is 5.75 Å². The van der Waals surface area contributed by atoms with Gasteiger partial charge in [-0.1, -0.05) is 30.3 Å². The topological polar surface area (TPSA) is 50.4 Å². The lowest BCUT2D eigenvalue weighted by atomic mass is 10.0. The molecule has 0 bridgehead atoms. The van der Waals surface area contributed by atoms with Gasteiger partial charge in [0.15, 0.2) is 0 Å². The first-order valence-corrected chi connectivity index (χ1v) is 7.99. The normalized spacial score (nSPS) is 14.0. The Hall–Kier alpha value is -2.49. The number of carbonyl (C=O) groups excluding carboxylic acids is 1. The summed E-state index contributed by atoms with van der Waals surface area (Å²) >= 11 is 0. The molecule has 0 unspecified atom stereocenters. The average molecular weight is 310 g/mol. The lowest BCUT2D eigenvalue weighted by Gasteiger charge is -2.17. The van der Waals surface area contributed by atoms with Crippen LogP contribution in [-0.4, -0.2) is 13.1 Å². The number of hydrogen-bond acceptors (Lipinski definition) is 2. The van der Waals surface area contributed by atoms with Crippen LogP contribution in [0.2, 0.25) is 0 Å². The molecule has 3 rings (SSSR count). The molecule has 0 radical (unpaired) electrons.